The first-order chi connectivity index (χ1) is 8.22. The van der Waals surface area contributed by atoms with Crippen LogP contribution in [0.2, 0.25) is 0 Å². The van der Waals surface area contributed by atoms with E-state index in [1.54, 1.807) is 0 Å². The van der Waals surface area contributed by atoms with Crippen LogP contribution in [0.25, 0.3) is 0 Å². The van der Waals surface area contributed by atoms with E-state index in [0.717, 1.165) is 31.1 Å². The van der Waals surface area contributed by atoms with Crippen LogP contribution in [0.3, 0.4) is 0 Å². The lowest BCUT2D eigenvalue weighted by molar-refractivity contribution is 0.269. The second-order valence-corrected chi connectivity index (χ2v) is 4.73. The molecule has 0 aliphatic heterocycles. The summed E-state index contributed by atoms with van der Waals surface area (Å²) in [6, 6.07) is 7.89. The van der Waals surface area contributed by atoms with Crippen molar-refractivity contribution in [3.63, 3.8) is 0 Å². The van der Waals surface area contributed by atoms with Crippen LogP contribution in [-0.2, 0) is 0 Å². The second-order valence-electron chi connectivity index (χ2n) is 4.73. The highest BCUT2D eigenvalue weighted by atomic mass is 16.5. The minimum atomic E-state index is 0.556. The van der Waals surface area contributed by atoms with Crippen LogP contribution in [0.4, 0.5) is 0 Å². The van der Waals surface area contributed by atoms with Gasteiger partial charge in [-0.1, -0.05) is 33.6 Å². The number of hydrogen-bond donors (Lipinski definition) is 0. The van der Waals surface area contributed by atoms with Gasteiger partial charge in [-0.3, -0.25) is 0 Å². The minimum Gasteiger partial charge on any atom is -0.494 e. The third-order valence-electron chi connectivity index (χ3n) is 2.42. The summed E-state index contributed by atoms with van der Waals surface area (Å²) in [7, 11) is 0. The molecule has 0 amide bonds. The molecule has 1 aromatic rings. The number of unbranched alkanes of at least 4 members (excludes halogenated alkanes) is 2. The molecule has 0 saturated carbocycles. The van der Waals surface area contributed by atoms with Gasteiger partial charge in [-0.2, -0.15) is 0 Å². The molecule has 17 heavy (non-hydrogen) atoms. The fourth-order valence-electron chi connectivity index (χ4n) is 1.44. The van der Waals surface area contributed by atoms with Gasteiger partial charge in [-0.25, -0.2) is 0 Å². The Kier molecular flexibility index (Phi) is 6.53. The average Bonchev–Trinajstić information content (AvgIpc) is 2.33. The second kappa shape index (κ2) is 7.99. The topological polar surface area (TPSA) is 18.5 Å². The van der Waals surface area contributed by atoms with Gasteiger partial charge in [-0.15, -0.1) is 0 Å². The highest BCUT2D eigenvalue weighted by Crippen LogP contribution is 2.18. The van der Waals surface area contributed by atoms with Gasteiger partial charge >= 0.3 is 0 Å². The lowest BCUT2D eigenvalue weighted by Gasteiger charge is -2.10. The van der Waals surface area contributed by atoms with Gasteiger partial charge in [0.2, 0.25) is 0 Å². The van der Waals surface area contributed by atoms with Gasteiger partial charge in [0.05, 0.1) is 13.2 Å². The molecule has 0 aliphatic carbocycles. The van der Waals surface area contributed by atoms with Crippen molar-refractivity contribution >= 4 is 0 Å². The summed E-state index contributed by atoms with van der Waals surface area (Å²) in [4.78, 5) is 0. The molecule has 0 atom stereocenters. The lowest BCUT2D eigenvalue weighted by atomic mass is 10.2. The normalized spacial score (nSPS) is 10.6. The zero-order chi connectivity index (χ0) is 12.5. The van der Waals surface area contributed by atoms with E-state index >= 15 is 0 Å². The fraction of sp³-hybridized carbons (Fsp3) is 0.600. The SMILES string of the molecule is CCCCCOc1ccc(OCC(C)C)cc1. The summed E-state index contributed by atoms with van der Waals surface area (Å²) in [5.74, 6) is 2.40. The summed E-state index contributed by atoms with van der Waals surface area (Å²) in [5, 5.41) is 0. The van der Waals surface area contributed by atoms with E-state index in [-0.39, 0.29) is 0 Å². The van der Waals surface area contributed by atoms with Gasteiger partial charge < -0.3 is 9.47 Å². The van der Waals surface area contributed by atoms with Crippen LogP contribution in [0.1, 0.15) is 40.0 Å². The third kappa shape index (κ3) is 6.20. The summed E-state index contributed by atoms with van der Waals surface area (Å²) < 4.78 is 11.2. The standard InChI is InChI=1S/C15H24O2/c1-4-5-6-11-16-14-7-9-15(10-8-14)17-12-13(2)3/h7-10,13H,4-6,11-12H2,1-3H3. The Morgan fingerprint density at radius 3 is 2.06 bits per heavy atom. The molecule has 0 fully saturated rings. The van der Waals surface area contributed by atoms with Crippen molar-refractivity contribution in [2.75, 3.05) is 13.2 Å². The predicted molar refractivity (Wildman–Crippen MR) is 71.8 cm³/mol. The van der Waals surface area contributed by atoms with Gasteiger partial charge in [0.25, 0.3) is 0 Å². The van der Waals surface area contributed by atoms with Crippen molar-refractivity contribution in [2.45, 2.75) is 40.0 Å². The van der Waals surface area contributed by atoms with E-state index in [9.17, 15) is 0 Å². The van der Waals surface area contributed by atoms with Crippen LogP contribution >= 0.6 is 0 Å². The Morgan fingerprint density at radius 2 is 1.53 bits per heavy atom. The highest BCUT2D eigenvalue weighted by molar-refractivity contribution is 5.31. The van der Waals surface area contributed by atoms with E-state index < -0.39 is 0 Å². The summed E-state index contributed by atoms with van der Waals surface area (Å²) in [5.41, 5.74) is 0. The Morgan fingerprint density at radius 1 is 0.941 bits per heavy atom. The molecule has 1 aromatic carbocycles. The Hall–Kier alpha value is -1.18. The maximum Gasteiger partial charge on any atom is 0.119 e. The number of hydrogen-bond acceptors (Lipinski definition) is 2. The number of ether oxygens (including phenoxy) is 2. The van der Waals surface area contributed by atoms with Crippen molar-refractivity contribution in [3.8, 4) is 11.5 Å². The van der Waals surface area contributed by atoms with Crippen molar-refractivity contribution in [3.05, 3.63) is 24.3 Å². The minimum absolute atomic E-state index is 0.556. The van der Waals surface area contributed by atoms with Gasteiger partial charge in [0, 0.05) is 0 Å². The molecule has 0 aliphatic rings. The first-order valence-corrected chi connectivity index (χ1v) is 6.58. The maximum atomic E-state index is 5.63. The summed E-state index contributed by atoms with van der Waals surface area (Å²) in [6.07, 6.45) is 3.59. The van der Waals surface area contributed by atoms with Crippen LogP contribution in [0.5, 0.6) is 11.5 Å². The van der Waals surface area contributed by atoms with Crippen molar-refractivity contribution in [2.24, 2.45) is 5.92 Å². The molecule has 0 saturated heterocycles. The molecule has 0 aromatic heterocycles. The van der Waals surface area contributed by atoms with Crippen LogP contribution in [0.15, 0.2) is 24.3 Å². The molecule has 0 bridgehead atoms. The third-order valence-corrected chi connectivity index (χ3v) is 2.42. The van der Waals surface area contributed by atoms with E-state index in [0.29, 0.717) is 5.92 Å². The van der Waals surface area contributed by atoms with Crippen LogP contribution in [-0.4, -0.2) is 13.2 Å². The quantitative estimate of drug-likeness (QED) is 0.627. The Bertz CT molecular complexity index is 290. The molecule has 0 unspecified atom stereocenters. The van der Waals surface area contributed by atoms with E-state index in [1.165, 1.54) is 12.8 Å². The van der Waals surface area contributed by atoms with Crippen molar-refractivity contribution in [1.29, 1.82) is 0 Å². The molecule has 2 nitrogen and oxygen atoms in total. The summed E-state index contributed by atoms with van der Waals surface area (Å²) >= 11 is 0. The van der Waals surface area contributed by atoms with Gasteiger partial charge in [-0.05, 0) is 36.6 Å². The van der Waals surface area contributed by atoms with Crippen molar-refractivity contribution in [1.82, 2.24) is 0 Å². The molecule has 1 rings (SSSR count). The zero-order valence-corrected chi connectivity index (χ0v) is 11.2. The average molecular weight is 236 g/mol. The van der Waals surface area contributed by atoms with Gasteiger partial charge in [0.15, 0.2) is 0 Å². The molecule has 96 valence electrons. The van der Waals surface area contributed by atoms with Gasteiger partial charge in [0.1, 0.15) is 11.5 Å². The zero-order valence-electron chi connectivity index (χ0n) is 11.2. The molecule has 0 radical (unpaired) electrons. The van der Waals surface area contributed by atoms with E-state index in [4.69, 9.17) is 9.47 Å². The molecule has 0 spiro atoms. The first kappa shape index (κ1) is 13.9. The number of benzene rings is 1. The smallest absolute Gasteiger partial charge is 0.119 e. The van der Waals surface area contributed by atoms with Crippen molar-refractivity contribution < 1.29 is 9.47 Å². The largest absolute Gasteiger partial charge is 0.494 e. The molecular formula is C15H24O2. The van der Waals surface area contributed by atoms with Crippen LogP contribution < -0.4 is 9.47 Å². The molecular weight excluding hydrogens is 212 g/mol. The number of rotatable bonds is 8. The predicted octanol–water partition coefficient (Wildman–Crippen LogP) is 4.29. The fourth-order valence-corrected chi connectivity index (χ4v) is 1.44. The van der Waals surface area contributed by atoms with Crippen LogP contribution in [0, 0.1) is 5.92 Å². The maximum absolute atomic E-state index is 5.63. The Labute approximate surface area is 105 Å². The summed E-state index contributed by atoms with van der Waals surface area (Å²) in [6.45, 7) is 8.05. The first-order valence-electron chi connectivity index (χ1n) is 6.58. The monoisotopic (exact) mass is 236 g/mol. The highest BCUT2D eigenvalue weighted by Gasteiger charge is 1.98. The van der Waals surface area contributed by atoms with E-state index in [1.807, 2.05) is 24.3 Å². The molecule has 0 N–H and O–H groups in total. The Balaban J connectivity index is 2.29. The molecule has 2 heteroatoms. The van der Waals surface area contributed by atoms with E-state index in [2.05, 4.69) is 20.8 Å². The lowest BCUT2D eigenvalue weighted by Crippen LogP contribution is -2.04. The molecule has 0 heterocycles.